The second-order valence-corrected chi connectivity index (χ2v) is 8.69. The lowest BCUT2D eigenvalue weighted by Crippen LogP contribution is -1.91. The number of hydrogen-bond acceptors (Lipinski definition) is 0. The Bertz CT molecular complexity index is 1140. The Morgan fingerprint density at radius 3 is 1.74 bits per heavy atom. The third-order valence-corrected chi connectivity index (χ3v) is 6.33. The number of rotatable bonds is 2. The molecule has 1 aliphatic rings. The van der Waals surface area contributed by atoms with E-state index in [1.54, 1.807) is 0 Å². The van der Waals surface area contributed by atoms with Crippen LogP contribution in [0, 0.1) is 0 Å². The molecule has 0 amide bonds. The van der Waals surface area contributed by atoms with Crippen molar-refractivity contribution in [3.63, 3.8) is 0 Å². The molecule has 0 heterocycles. The van der Waals surface area contributed by atoms with Crippen LogP contribution in [0.3, 0.4) is 0 Å². The van der Waals surface area contributed by atoms with Crippen molar-refractivity contribution in [2.75, 3.05) is 0 Å². The highest BCUT2D eigenvalue weighted by atomic mass is 79.9. The van der Waals surface area contributed by atoms with Crippen LogP contribution in [-0.2, 0) is 6.42 Å². The van der Waals surface area contributed by atoms with Crippen molar-refractivity contribution in [3.05, 3.63) is 105 Å². The zero-order valence-electron chi connectivity index (χ0n) is 14.5. The normalized spacial score (nSPS) is 11.9. The smallest absolute Gasteiger partial charge is 0.0175 e. The molecule has 0 fully saturated rings. The third kappa shape index (κ3) is 2.97. The van der Waals surface area contributed by atoms with Crippen molar-refractivity contribution in [1.82, 2.24) is 0 Å². The topological polar surface area (TPSA) is 0 Å². The molecule has 0 saturated heterocycles. The molecule has 4 aromatic carbocycles. The van der Waals surface area contributed by atoms with Gasteiger partial charge in [0.15, 0.2) is 0 Å². The van der Waals surface area contributed by atoms with Crippen molar-refractivity contribution in [1.29, 1.82) is 0 Å². The van der Waals surface area contributed by atoms with E-state index in [1.807, 2.05) is 0 Å². The minimum Gasteiger partial charge on any atom is -0.0619 e. The van der Waals surface area contributed by atoms with Crippen LogP contribution in [-0.4, -0.2) is 0 Å². The van der Waals surface area contributed by atoms with Gasteiger partial charge in [-0.2, -0.15) is 0 Å². The fourth-order valence-corrected chi connectivity index (χ4v) is 4.55. The Kier molecular flexibility index (Phi) is 4.26. The molecule has 0 unspecified atom stereocenters. The molecule has 0 aliphatic heterocycles. The van der Waals surface area contributed by atoms with Gasteiger partial charge >= 0.3 is 0 Å². The molecule has 1 aliphatic carbocycles. The maximum absolute atomic E-state index is 3.55. The van der Waals surface area contributed by atoms with Gasteiger partial charge in [0, 0.05) is 8.95 Å². The zero-order chi connectivity index (χ0) is 18.4. The largest absolute Gasteiger partial charge is 0.0619 e. The maximum Gasteiger partial charge on any atom is 0.0175 e. The van der Waals surface area contributed by atoms with Crippen molar-refractivity contribution in [2.24, 2.45) is 0 Å². The molecule has 0 N–H and O–H groups in total. The first-order valence-corrected chi connectivity index (χ1v) is 10.6. The van der Waals surface area contributed by atoms with Crippen LogP contribution < -0.4 is 0 Å². The predicted molar refractivity (Wildman–Crippen MR) is 121 cm³/mol. The SMILES string of the molecule is Brc1ccc(-c2ccc(-c3ccc(Br)cc3)c3c2Cc2ccccc2-3)cc1. The molecule has 5 rings (SSSR count). The van der Waals surface area contributed by atoms with E-state index in [-0.39, 0.29) is 0 Å². The molecule has 0 spiro atoms. The lowest BCUT2D eigenvalue weighted by molar-refractivity contribution is 1.26. The van der Waals surface area contributed by atoms with Gasteiger partial charge in [0.25, 0.3) is 0 Å². The first-order valence-electron chi connectivity index (χ1n) is 8.97. The lowest BCUT2D eigenvalue weighted by atomic mass is 9.89. The first kappa shape index (κ1) is 17.0. The van der Waals surface area contributed by atoms with Crippen LogP contribution >= 0.6 is 31.9 Å². The Morgan fingerprint density at radius 2 is 1.07 bits per heavy atom. The number of fused-ring (bicyclic) bond motifs is 3. The quantitative estimate of drug-likeness (QED) is 0.242. The van der Waals surface area contributed by atoms with Gasteiger partial charge in [-0.05, 0) is 75.2 Å². The summed E-state index contributed by atoms with van der Waals surface area (Å²) in [5.74, 6) is 0. The molecular weight excluding hydrogens is 460 g/mol. The molecule has 0 atom stereocenters. The monoisotopic (exact) mass is 474 g/mol. The summed E-state index contributed by atoms with van der Waals surface area (Å²) in [5.41, 5.74) is 10.8. The Morgan fingerprint density at radius 1 is 0.519 bits per heavy atom. The van der Waals surface area contributed by atoms with Crippen LogP contribution in [0.25, 0.3) is 33.4 Å². The van der Waals surface area contributed by atoms with E-state index in [4.69, 9.17) is 0 Å². The van der Waals surface area contributed by atoms with Crippen LogP contribution in [0.5, 0.6) is 0 Å². The van der Waals surface area contributed by atoms with E-state index in [0.29, 0.717) is 0 Å². The average molecular weight is 476 g/mol. The lowest BCUT2D eigenvalue weighted by Gasteiger charge is -2.15. The molecule has 0 aromatic heterocycles. The molecule has 2 heteroatoms. The molecule has 27 heavy (non-hydrogen) atoms. The fraction of sp³-hybridized carbons (Fsp3) is 0.0400. The van der Waals surface area contributed by atoms with E-state index in [0.717, 1.165) is 15.4 Å². The standard InChI is InChI=1S/C25H16Br2/c26-19-9-5-16(6-10-19)21-13-14-23(17-7-11-20(27)12-8-17)25-22-4-2-1-3-18(22)15-24(21)25/h1-14H,15H2. The van der Waals surface area contributed by atoms with Gasteiger partial charge < -0.3 is 0 Å². The van der Waals surface area contributed by atoms with Gasteiger partial charge in [0.1, 0.15) is 0 Å². The average Bonchev–Trinajstić information content (AvgIpc) is 3.08. The van der Waals surface area contributed by atoms with Gasteiger partial charge in [0.2, 0.25) is 0 Å². The zero-order valence-corrected chi connectivity index (χ0v) is 17.7. The maximum atomic E-state index is 3.55. The summed E-state index contributed by atoms with van der Waals surface area (Å²) in [4.78, 5) is 0. The molecule has 0 bridgehead atoms. The first-order chi connectivity index (χ1) is 13.2. The van der Waals surface area contributed by atoms with Crippen LogP contribution in [0.1, 0.15) is 11.1 Å². The fourth-order valence-electron chi connectivity index (χ4n) is 4.02. The van der Waals surface area contributed by atoms with Gasteiger partial charge in [-0.15, -0.1) is 0 Å². The number of hydrogen-bond donors (Lipinski definition) is 0. The van der Waals surface area contributed by atoms with E-state index >= 15 is 0 Å². The summed E-state index contributed by atoms with van der Waals surface area (Å²) in [6.07, 6.45) is 0.987. The number of benzene rings is 4. The van der Waals surface area contributed by atoms with Crippen molar-refractivity contribution < 1.29 is 0 Å². The van der Waals surface area contributed by atoms with E-state index < -0.39 is 0 Å². The van der Waals surface area contributed by atoms with Gasteiger partial charge in [-0.1, -0.05) is 92.5 Å². The minimum atomic E-state index is 0.987. The van der Waals surface area contributed by atoms with Crippen molar-refractivity contribution in [3.8, 4) is 33.4 Å². The third-order valence-electron chi connectivity index (χ3n) is 5.28. The van der Waals surface area contributed by atoms with Gasteiger partial charge in [-0.3, -0.25) is 0 Å². The molecule has 0 radical (unpaired) electrons. The highest BCUT2D eigenvalue weighted by Crippen LogP contribution is 2.47. The van der Waals surface area contributed by atoms with Gasteiger partial charge in [0.05, 0.1) is 0 Å². The van der Waals surface area contributed by atoms with Crippen LogP contribution in [0.15, 0.2) is 93.9 Å². The molecular formula is C25H16Br2. The van der Waals surface area contributed by atoms with Crippen molar-refractivity contribution >= 4 is 31.9 Å². The second kappa shape index (κ2) is 6.78. The molecule has 4 aromatic rings. The highest BCUT2D eigenvalue weighted by molar-refractivity contribution is 9.10. The Hall–Kier alpha value is -2.16. The minimum absolute atomic E-state index is 0.987. The van der Waals surface area contributed by atoms with Crippen molar-refractivity contribution in [2.45, 2.75) is 6.42 Å². The summed E-state index contributed by atoms with van der Waals surface area (Å²) >= 11 is 7.10. The van der Waals surface area contributed by atoms with E-state index in [2.05, 4.69) is 117 Å². The van der Waals surface area contributed by atoms with Gasteiger partial charge in [-0.25, -0.2) is 0 Å². The summed E-state index contributed by atoms with van der Waals surface area (Å²) in [7, 11) is 0. The molecule has 130 valence electrons. The summed E-state index contributed by atoms with van der Waals surface area (Å²) in [6, 6.07) is 30.6. The second-order valence-electron chi connectivity index (χ2n) is 6.86. The molecule has 0 saturated carbocycles. The predicted octanol–water partition coefficient (Wildman–Crippen LogP) is 8.12. The summed E-state index contributed by atoms with van der Waals surface area (Å²) < 4.78 is 2.22. The Balaban J connectivity index is 1.77. The highest BCUT2D eigenvalue weighted by Gasteiger charge is 2.24. The van der Waals surface area contributed by atoms with E-state index in [9.17, 15) is 0 Å². The Labute approximate surface area is 176 Å². The number of halogens is 2. The van der Waals surface area contributed by atoms with Crippen LogP contribution in [0.2, 0.25) is 0 Å². The van der Waals surface area contributed by atoms with E-state index in [1.165, 1.54) is 44.5 Å². The van der Waals surface area contributed by atoms with Crippen LogP contribution in [0.4, 0.5) is 0 Å². The summed E-state index contributed by atoms with van der Waals surface area (Å²) in [6.45, 7) is 0. The summed E-state index contributed by atoms with van der Waals surface area (Å²) in [5, 5.41) is 0. The molecule has 0 nitrogen and oxygen atoms in total.